The van der Waals surface area contributed by atoms with Crippen molar-refractivity contribution in [2.45, 2.75) is 31.8 Å². The number of carboxylic acid groups (broad SMARTS) is 1. The molecule has 2 atom stereocenters. The molecule has 1 heterocycles. The van der Waals surface area contributed by atoms with E-state index in [9.17, 15) is 13.2 Å². The van der Waals surface area contributed by atoms with Crippen LogP contribution in [0, 0.1) is 0 Å². The molecule has 0 spiro atoms. The third-order valence-corrected chi connectivity index (χ3v) is 4.43. The molecule has 1 aliphatic heterocycles. The van der Waals surface area contributed by atoms with E-state index in [1.54, 1.807) is 6.92 Å². The Labute approximate surface area is 89.1 Å². The molecule has 1 aliphatic rings. The second-order valence-electron chi connectivity index (χ2n) is 3.74. The number of carbonyl (C=O) groups is 1. The fraction of sp³-hybridized carbons (Fsp3) is 0.875. The van der Waals surface area contributed by atoms with Crippen molar-refractivity contribution < 1.29 is 18.3 Å². The van der Waals surface area contributed by atoms with Gasteiger partial charge in [-0.25, -0.2) is 8.42 Å². The number of aliphatic carboxylic acids is 1. The summed E-state index contributed by atoms with van der Waals surface area (Å²) in [6.45, 7) is 1.85. The van der Waals surface area contributed by atoms with Crippen molar-refractivity contribution in [2.75, 3.05) is 12.3 Å². The Bertz CT molecular complexity index is 341. The average molecular weight is 236 g/mol. The van der Waals surface area contributed by atoms with Crippen LogP contribution in [0.2, 0.25) is 0 Å². The topological polar surface area (TPSA) is 101 Å². The highest BCUT2D eigenvalue weighted by Crippen LogP contribution is 2.21. The molecule has 0 aromatic heterocycles. The van der Waals surface area contributed by atoms with E-state index in [2.05, 4.69) is 0 Å². The molecule has 0 aromatic rings. The quantitative estimate of drug-likeness (QED) is 0.666. The first-order valence-electron chi connectivity index (χ1n) is 4.86. The van der Waals surface area contributed by atoms with Crippen LogP contribution in [0.3, 0.4) is 0 Å². The van der Waals surface area contributed by atoms with Gasteiger partial charge >= 0.3 is 5.97 Å². The van der Waals surface area contributed by atoms with Crippen molar-refractivity contribution in [3.8, 4) is 0 Å². The van der Waals surface area contributed by atoms with Gasteiger partial charge in [0, 0.05) is 12.6 Å². The van der Waals surface area contributed by atoms with Gasteiger partial charge in [-0.3, -0.25) is 4.79 Å². The molecule has 0 aromatic carbocycles. The van der Waals surface area contributed by atoms with Crippen LogP contribution in [0.25, 0.3) is 0 Å². The normalized spacial score (nSPS) is 28.1. The van der Waals surface area contributed by atoms with E-state index < -0.39 is 22.0 Å². The van der Waals surface area contributed by atoms with E-state index in [0.717, 1.165) is 4.31 Å². The van der Waals surface area contributed by atoms with Crippen LogP contribution in [0.1, 0.15) is 19.8 Å². The van der Waals surface area contributed by atoms with Gasteiger partial charge in [-0.2, -0.15) is 4.31 Å². The van der Waals surface area contributed by atoms with E-state index in [-0.39, 0.29) is 24.8 Å². The van der Waals surface area contributed by atoms with Gasteiger partial charge in [-0.15, -0.1) is 0 Å². The molecule has 0 amide bonds. The molecule has 7 heteroatoms. The molecule has 1 rings (SSSR count). The lowest BCUT2D eigenvalue weighted by molar-refractivity contribution is -0.140. The molecular weight excluding hydrogens is 220 g/mol. The summed E-state index contributed by atoms with van der Waals surface area (Å²) in [6.07, 6.45) is 0.665. The van der Waals surface area contributed by atoms with Gasteiger partial charge in [-0.05, 0) is 12.8 Å². The van der Waals surface area contributed by atoms with Gasteiger partial charge in [-0.1, -0.05) is 6.92 Å². The summed E-state index contributed by atoms with van der Waals surface area (Å²) in [5, 5.41) is 8.87. The smallest absolute Gasteiger partial charge is 0.322 e. The Morgan fingerprint density at radius 2 is 2.20 bits per heavy atom. The fourth-order valence-electron chi connectivity index (χ4n) is 1.74. The first kappa shape index (κ1) is 12.4. The highest BCUT2D eigenvalue weighted by atomic mass is 32.2. The Balaban J connectivity index is 2.88. The zero-order valence-electron chi connectivity index (χ0n) is 8.59. The molecule has 88 valence electrons. The van der Waals surface area contributed by atoms with Crippen LogP contribution < -0.4 is 5.73 Å². The van der Waals surface area contributed by atoms with E-state index in [1.807, 2.05) is 0 Å². The summed E-state index contributed by atoms with van der Waals surface area (Å²) < 4.78 is 24.4. The molecule has 0 saturated carbocycles. The molecule has 3 N–H and O–H groups in total. The first-order chi connectivity index (χ1) is 6.88. The Morgan fingerprint density at radius 1 is 1.60 bits per heavy atom. The Kier molecular flexibility index (Phi) is 3.69. The summed E-state index contributed by atoms with van der Waals surface area (Å²) in [4.78, 5) is 10.8. The predicted octanol–water partition coefficient (Wildman–Crippen LogP) is -0.788. The molecule has 0 radical (unpaired) electrons. The third-order valence-electron chi connectivity index (χ3n) is 2.39. The fourth-order valence-corrected chi connectivity index (χ4v) is 3.48. The molecule has 1 fully saturated rings. The zero-order valence-corrected chi connectivity index (χ0v) is 9.40. The maximum atomic E-state index is 11.7. The van der Waals surface area contributed by atoms with E-state index in [1.165, 1.54) is 0 Å². The second kappa shape index (κ2) is 4.46. The summed E-state index contributed by atoms with van der Waals surface area (Å²) >= 11 is 0. The van der Waals surface area contributed by atoms with Crippen LogP contribution >= 0.6 is 0 Å². The third kappa shape index (κ3) is 2.67. The van der Waals surface area contributed by atoms with Crippen molar-refractivity contribution in [3.05, 3.63) is 0 Å². The minimum absolute atomic E-state index is 0.0243. The Hall–Kier alpha value is -0.660. The minimum Gasteiger partial charge on any atom is -0.480 e. The van der Waals surface area contributed by atoms with Gasteiger partial charge in [0.2, 0.25) is 10.0 Å². The lowest BCUT2D eigenvalue weighted by atomic mass is 10.2. The summed E-state index contributed by atoms with van der Waals surface area (Å²) in [5.41, 5.74) is 5.58. The van der Waals surface area contributed by atoms with Crippen molar-refractivity contribution in [1.82, 2.24) is 4.31 Å². The van der Waals surface area contributed by atoms with Crippen LogP contribution in [-0.4, -0.2) is 48.2 Å². The lowest BCUT2D eigenvalue weighted by Gasteiger charge is -2.20. The molecule has 0 aliphatic carbocycles. The minimum atomic E-state index is -3.46. The maximum absolute atomic E-state index is 11.7. The molecule has 1 saturated heterocycles. The highest BCUT2D eigenvalue weighted by Gasteiger charge is 2.41. The van der Waals surface area contributed by atoms with Crippen molar-refractivity contribution in [3.63, 3.8) is 0 Å². The number of hydrogen-bond donors (Lipinski definition) is 2. The number of nitrogens with zero attached hydrogens (tertiary/aromatic N) is 1. The van der Waals surface area contributed by atoms with Crippen LogP contribution in [-0.2, 0) is 14.8 Å². The number of sulfonamides is 1. The number of carboxylic acids is 1. The zero-order chi connectivity index (χ0) is 11.6. The maximum Gasteiger partial charge on any atom is 0.322 e. The van der Waals surface area contributed by atoms with E-state index >= 15 is 0 Å². The SMILES string of the molecule is CCCS(=O)(=O)N1CC(N)CC1C(=O)O. The van der Waals surface area contributed by atoms with Gasteiger partial charge < -0.3 is 10.8 Å². The molecular formula is C8H16N2O4S. The van der Waals surface area contributed by atoms with Crippen molar-refractivity contribution in [1.29, 1.82) is 0 Å². The van der Waals surface area contributed by atoms with Gasteiger partial charge in [0.15, 0.2) is 0 Å². The summed E-state index contributed by atoms with van der Waals surface area (Å²) in [6, 6.07) is -1.37. The molecule has 0 bridgehead atoms. The second-order valence-corrected chi connectivity index (χ2v) is 5.78. The van der Waals surface area contributed by atoms with E-state index in [0.29, 0.717) is 6.42 Å². The molecule has 2 unspecified atom stereocenters. The summed E-state index contributed by atoms with van der Waals surface area (Å²) in [5.74, 6) is -1.15. The van der Waals surface area contributed by atoms with Gasteiger partial charge in [0.25, 0.3) is 0 Å². The Morgan fingerprint density at radius 3 is 2.67 bits per heavy atom. The lowest BCUT2D eigenvalue weighted by Crippen LogP contribution is -2.41. The number of nitrogens with two attached hydrogens (primary N) is 1. The van der Waals surface area contributed by atoms with Crippen molar-refractivity contribution >= 4 is 16.0 Å². The van der Waals surface area contributed by atoms with Crippen LogP contribution in [0.5, 0.6) is 0 Å². The van der Waals surface area contributed by atoms with Gasteiger partial charge in [0.05, 0.1) is 5.75 Å². The molecule has 6 nitrogen and oxygen atoms in total. The van der Waals surface area contributed by atoms with Crippen molar-refractivity contribution in [2.24, 2.45) is 5.73 Å². The predicted molar refractivity (Wildman–Crippen MR) is 54.8 cm³/mol. The van der Waals surface area contributed by atoms with E-state index in [4.69, 9.17) is 10.8 Å². The van der Waals surface area contributed by atoms with Crippen LogP contribution in [0.15, 0.2) is 0 Å². The highest BCUT2D eigenvalue weighted by molar-refractivity contribution is 7.89. The standard InChI is InChI=1S/C8H16N2O4S/c1-2-3-15(13,14)10-5-6(9)4-7(10)8(11)12/h6-7H,2-5,9H2,1H3,(H,11,12). The number of rotatable bonds is 4. The average Bonchev–Trinajstić information content (AvgIpc) is 2.47. The number of hydrogen-bond acceptors (Lipinski definition) is 4. The first-order valence-corrected chi connectivity index (χ1v) is 6.47. The summed E-state index contributed by atoms with van der Waals surface area (Å²) in [7, 11) is -3.46. The van der Waals surface area contributed by atoms with Gasteiger partial charge in [0.1, 0.15) is 6.04 Å². The monoisotopic (exact) mass is 236 g/mol. The largest absolute Gasteiger partial charge is 0.480 e. The molecule has 15 heavy (non-hydrogen) atoms. The van der Waals surface area contributed by atoms with Crippen LogP contribution in [0.4, 0.5) is 0 Å².